The van der Waals surface area contributed by atoms with Gasteiger partial charge in [0.15, 0.2) is 0 Å². The van der Waals surface area contributed by atoms with Gasteiger partial charge in [0.1, 0.15) is 0 Å². The molecule has 3 aromatic rings. The number of nitrogens with zero attached hydrogens (tertiary/aromatic N) is 1. The van der Waals surface area contributed by atoms with Gasteiger partial charge in [-0.25, -0.2) is 0 Å². The predicted octanol–water partition coefficient (Wildman–Crippen LogP) is 4.70. The highest BCUT2D eigenvalue weighted by molar-refractivity contribution is 6.03. The van der Waals surface area contributed by atoms with E-state index in [1.54, 1.807) is 0 Å². The van der Waals surface area contributed by atoms with E-state index in [2.05, 4.69) is 53.8 Å². The van der Waals surface area contributed by atoms with Crippen molar-refractivity contribution in [3.63, 3.8) is 0 Å². The summed E-state index contributed by atoms with van der Waals surface area (Å²) in [5.41, 5.74) is 5.76. The van der Waals surface area contributed by atoms with Crippen LogP contribution >= 0.6 is 12.4 Å². The zero-order chi connectivity index (χ0) is 18.5. The third-order valence-electron chi connectivity index (χ3n) is 5.09. The van der Waals surface area contributed by atoms with Crippen LogP contribution in [0.2, 0.25) is 0 Å². The highest BCUT2D eigenvalue weighted by Gasteiger charge is 2.24. The van der Waals surface area contributed by atoms with Gasteiger partial charge in [-0.1, -0.05) is 66.7 Å². The Labute approximate surface area is 172 Å². The molecule has 0 bridgehead atoms. The van der Waals surface area contributed by atoms with Crippen molar-refractivity contribution in [2.24, 2.45) is 0 Å². The highest BCUT2D eigenvalue weighted by atomic mass is 35.5. The third kappa shape index (κ3) is 4.44. The third-order valence-corrected chi connectivity index (χ3v) is 5.09. The number of para-hydroxylation sites is 2. The van der Waals surface area contributed by atoms with Gasteiger partial charge in [0.05, 0.1) is 17.9 Å². The molecule has 1 amide bonds. The van der Waals surface area contributed by atoms with E-state index in [4.69, 9.17) is 0 Å². The maximum atomic E-state index is 13.2. The molecule has 0 fully saturated rings. The normalized spacial score (nSPS) is 12.4. The van der Waals surface area contributed by atoms with Crippen molar-refractivity contribution in [2.45, 2.75) is 19.3 Å². The van der Waals surface area contributed by atoms with Crippen LogP contribution in [-0.4, -0.2) is 19.0 Å². The van der Waals surface area contributed by atoms with Gasteiger partial charge in [-0.05, 0) is 54.6 Å². The van der Waals surface area contributed by atoms with E-state index in [1.165, 1.54) is 16.7 Å². The molecular weight excluding hydrogens is 368 g/mol. The molecule has 0 aromatic heterocycles. The van der Waals surface area contributed by atoms with Gasteiger partial charge < -0.3 is 5.32 Å². The van der Waals surface area contributed by atoms with Crippen LogP contribution in [-0.2, 0) is 24.1 Å². The zero-order valence-corrected chi connectivity index (χ0v) is 16.6. The Balaban J connectivity index is 0.00000225. The number of fused-ring (bicyclic) bond motifs is 2. The van der Waals surface area contributed by atoms with Crippen LogP contribution in [0, 0.1) is 0 Å². The van der Waals surface area contributed by atoms with Crippen LogP contribution in [0.3, 0.4) is 0 Å². The van der Waals surface area contributed by atoms with Crippen LogP contribution in [0.15, 0.2) is 78.9 Å². The Morgan fingerprint density at radius 1 is 0.786 bits per heavy atom. The number of hydrogen-bond donors (Lipinski definition) is 1. The standard InChI is InChI=1S/C24H24N2O.ClH/c27-24(18-25-17-16-19-8-2-1-3-9-19)26-22-12-6-4-10-20(22)14-15-21-11-5-7-13-23(21)26;/h1-13,25H,14-18H2;1H. The molecule has 144 valence electrons. The Morgan fingerprint density at radius 2 is 1.32 bits per heavy atom. The molecule has 3 aromatic carbocycles. The summed E-state index contributed by atoms with van der Waals surface area (Å²) in [5.74, 6) is 0.0878. The van der Waals surface area contributed by atoms with Gasteiger partial charge in [0.2, 0.25) is 5.91 Å². The quantitative estimate of drug-likeness (QED) is 0.638. The minimum absolute atomic E-state index is 0. The Kier molecular flexibility index (Phi) is 6.85. The maximum Gasteiger partial charge on any atom is 0.245 e. The smallest absolute Gasteiger partial charge is 0.245 e. The van der Waals surface area contributed by atoms with E-state index < -0.39 is 0 Å². The number of benzene rings is 3. The number of halogens is 1. The molecular formula is C24H25ClN2O. The van der Waals surface area contributed by atoms with E-state index in [-0.39, 0.29) is 18.3 Å². The molecule has 0 saturated heterocycles. The summed E-state index contributed by atoms with van der Waals surface area (Å²) < 4.78 is 0. The average molecular weight is 393 g/mol. The molecule has 4 rings (SSSR count). The van der Waals surface area contributed by atoms with Gasteiger partial charge in [-0.15, -0.1) is 12.4 Å². The molecule has 0 unspecified atom stereocenters. The van der Waals surface area contributed by atoms with E-state index in [9.17, 15) is 4.79 Å². The Hall–Kier alpha value is -2.62. The minimum atomic E-state index is 0. The molecule has 0 spiro atoms. The zero-order valence-electron chi connectivity index (χ0n) is 15.8. The lowest BCUT2D eigenvalue weighted by Crippen LogP contribution is -2.36. The van der Waals surface area contributed by atoms with Crippen molar-refractivity contribution < 1.29 is 4.79 Å². The summed E-state index contributed by atoms with van der Waals surface area (Å²) in [4.78, 5) is 15.0. The lowest BCUT2D eigenvalue weighted by Gasteiger charge is -2.25. The van der Waals surface area contributed by atoms with Crippen molar-refractivity contribution in [1.82, 2.24) is 5.32 Å². The monoisotopic (exact) mass is 392 g/mol. The van der Waals surface area contributed by atoms with Crippen LogP contribution in [0.4, 0.5) is 11.4 Å². The maximum absolute atomic E-state index is 13.2. The lowest BCUT2D eigenvalue weighted by molar-refractivity contribution is -0.117. The van der Waals surface area contributed by atoms with Crippen molar-refractivity contribution in [2.75, 3.05) is 18.0 Å². The topological polar surface area (TPSA) is 32.3 Å². The van der Waals surface area contributed by atoms with Gasteiger partial charge in [0.25, 0.3) is 0 Å². The largest absolute Gasteiger partial charge is 0.308 e. The van der Waals surface area contributed by atoms with Gasteiger partial charge in [-0.3, -0.25) is 9.69 Å². The Bertz CT molecular complexity index is 879. The molecule has 28 heavy (non-hydrogen) atoms. The van der Waals surface area contributed by atoms with Crippen molar-refractivity contribution in [3.8, 4) is 0 Å². The van der Waals surface area contributed by atoms with Crippen LogP contribution in [0.5, 0.6) is 0 Å². The molecule has 0 atom stereocenters. The number of hydrogen-bond acceptors (Lipinski definition) is 2. The molecule has 1 N–H and O–H groups in total. The van der Waals surface area contributed by atoms with Gasteiger partial charge >= 0.3 is 0 Å². The second-order valence-electron chi connectivity index (χ2n) is 6.90. The van der Waals surface area contributed by atoms with Crippen LogP contribution in [0.25, 0.3) is 0 Å². The SMILES string of the molecule is Cl.O=C(CNCCc1ccccc1)N1c2ccccc2CCc2ccccc21. The predicted molar refractivity (Wildman–Crippen MR) is 118 cm³/mol. The summed E-state index contributed by atoms with van der Waals surface area (Å²) in [7, 11) is 0. The van der Waals surface area contributed by atoms with Crippen LogP contribution < -0.4 is 10.2 Å². The second kappa shape index (κ2) is 9.54. The molecule has 4 heteroatoms. The molecule has 1 heterocycles. The molecule has 0 radical (unpaired) electrons. The van der Waals surface area contributed by atoms with Crippen molar-refractivity contribution in [3.05, 3.63) is 95.6 Å². The number of carbonyl (C=O) groups is 1. The summed E-state index contributed by atoms with van der Waals surface area (Å²) in [6.07, 6.45) is 2.83. The van der Waals surface area contributed by atoms with Crippen molar-refractivity contribution >= 4 is 29.7 Å². The van der Waals surface area contributed by atoms with E-state index in [0.717, 1.165) is 37.2 Å². The number of rotatable bonds is 5. The summed E-state index contributed by atoms with van der Waals surface area (Å²) in [6, 6.07) is 26.8. The van der Waals surface area contributed by atoms with E-state index in [0.29, 0.717) is 6.54 Å². The second-order valence-corrected chi connectivity index (χ2v) is 6.90. The molecule has 1 aliphatic heterocycles. The Morgan fingerprint density at radius 3 is 1.93 bits per heavy atom. The first kappa shape index (κ1) is 20.1. The average Bonchev–Trinajstić information content (AvgIpc) is 2.89. The van der Waals surface area contributed by atoms with Crippen molar-refractivity contribution in [1.29, 1.82) is 0 Å². The van der Waals surface area contributed by atoms with E-state index in [1.807, 2.05) is 35.2 Å². The first-order valence-electron chi connectivity index (χ1n) is 9.56. The minimum Gasteiger partial charge on any atom is -0.308 e. The van der Waals surface area contributed by atoms with E-state index >= 15 is 0 Å². The lowest BCUT2D eigenvalue weighted by atomic mass is 10.0. The first-order valence-corrected chi connectivity index (χ1v) is 9.56. The fraction of sp³-hybridized carbons (Fsp3) is 0.208. The molecule has 3 nitrogen and oxygen atoms in total. The van der Waals surface area contributed by atoms with Gasteiger partial charge in [-0.2, -0.15) is 0 Å². The fourth-order valence-electron chi connectivity index (χ4n) is 3.70. The number of nitrogens with one attached hydrogen (secondary N) is 1. The molecule has 0 aliphatic carbocycles. The summed E-state index contributed by atoms with van der Waals surface area (Å²) in [6.45, 7) is 1.11. The van der Waals surface area contributed by atoms with Gasteiger partial charge in [0, 0.05) is 0 Å². The highest BCUT2D eigenvalue weighted by Crippen LogP contribution is 2.35. The summed E-state index contributed by atoms with van der Waals surface area (Å²) >= 11 is 0. The number of aryl methyl sites for hydroxylation is 2. The number of carbonyl (C=O) groups excluding carboxylic acids is 1. The number of amides is 1. The molecule has 0 saturated carbocycles. The fourth-order valence-corrected chi connectivity index (χ4v) is 3.70. The molecule has 1 aliphatic rings. The first-order chi connectivity index (χ1) is 13.3. The summed E-state index contributed by atoms with van der Waals surface area (Å²) in [5, 5.41) is 3.32. The number of anilines is 2. The van der Waals surface area contributed by atoms with Crippen LogP contribution in [0.1, 0.15) is 16.7 Å².